The van der Waals surface area contributed by atoms with Crippen LogP contribution < -0.4 is 4.74 Å². The minimum atomic E-state index is 0.00702. The fourth-order valence-corrected chi connectivity index (χ4v) is 4.86. The molecule has 2 aliphatic heterocycles. The predicted octanol–water partition coefficient (Wildman–Crippen LogP) is 5.90. The van der Waals surface area contributed by atoms with Crippen molar-refractivity contribution in [2.45, 2.75) is 6.23 Å². The van der Waals surface area contributed by atoms with Gasteiger partial charge in [0.2, 0.25) is 0 Å². The number of benzene rings is 3. The second kappa shape index (κ2) is 8.25. The van der Waals surface area contributed by atoms with Crippen molar-refractivity contribution in [3.8, 4) is 5.75 Å². The van der Waals surface area contributed by atoms with Crippen molar-refractivity contribution in [1.82, 2.24) is 4.90 Å². The van der Waals surface area contributed by atoms with Crippen LogP contribution in [0.2, 0.25) is 0 Å². The van der Waals surface area contributed by atoms with Crippen LogP contribution in [0.15, 0.2) is 96.1 Å². The minimum absolute atomic E-state index is 0.00702. The molecule has 3 aromatic carbocycles. The van der Waals surface area contributed by atoms with Gasteiger partial charge < -0.3 is 9.64 Å². The fraction of sp³-hybridized carbons (Fsp3) is 0.115. The van der Waals surface area contributed by atoms with Gasteiger partial charge in [0.25, 0.3) is 0 Å². The quantitative estimate of drug-likeness (QED) is 0.386. The number of rotatable bonds is 5. The van der Waals surface area contributed by atoms with Crippen molar-refractivity contribution in [3.05, 3.63) is 107 Å². The Hall–Kier alpha value is -3.24. The number of ketones is 1. The molecule has 0 spiro atoms. The second-order valence-corrected chi connectivity index (χ2v) is 8.30. The lowest BCUT2D eigenvalue weighted by atomic mass is 10.0. The van der Waals surface area contributed by atoms with E-state index in [0.29, 0.717) is 0 Å². The number of hydrogen-bond acceptors (Lipinski definition) is 4. The van der Waals surface area contributed by atoms with Gasteiger partial charge in [-0.15, -0.1) is 11.8 Å². The van der Waals surface area contributed by atoms with Crippen LogP contribution in [0.25, 0.3) is 16.8 Å². The van der Waals surface area contributed by atoms with E-state index < -0.39 is 0 Å². The first kappa shape index (κ1) is 18.8. The fourth-order valence-electron chi connectivity index (χ4n) is 3.76. The highest BCUT2D eigenvalue weighted by Crippen LogP contribution is 2.35. The molecule has 1 atom stereocenters. The number of ether oxygens (including phenoxy) is 1. The molecule has 0 amide bonds. The van der Waals surface area contributed by atoms with E-state index in [4.69, 9.17) is 4.74 Å². The molecule has 4 heteroatoms. The summed E-state index contributed by atoms with van der Waals surface area (Å²) in [7, 11) is 0. The van der Waals surface area contributed by atoms with Gasteiger partial charge in [0.05, 0.1) is 10.8 Å². The van der Waals surface area contributed by atoms with Gasteiger partial charge >= 0.3 is 0 Å². The van der Waals surface area contributed by atoms with E-state index in [-0.39, 0.29) is 12.0 Å². The van der Waals surface area contributed by atoms with Crippen molar-refractivity contribution in [1.29, 1.82) is 0 Å². The molecule has 3 aromatic rings. The molecule has 0 N–H and O–H groups in total. The number of carbonyl (C=O) groups excluding carboxylic acids is 1. The van der Waals surface area contributed by atoms with Crippen molar-refractivity contribution >= 4 is 34.4 Å². The van der Waals surface area contributed by atoms with E-state index in [1.807, 2.05) is 84.6 Å². The second-order valence-electron chi connectivity index (χ2n) is 7.26. The molecule has 1 unspecified atom stereocenters. The van der Waals surface area contributed by atoms with Crippen LogP contribution in [0.5, 0.6) is 5.75 Å². The Bertz CT molecular complexity index is 1170. The Labute approximate surface area is 180 Å². The standard InChI is InChI=1S/C26H21NO2S/c28-24(23-9-5-7-20-6-1-2-8-22(20)23)16-13-19-11-14-21(15-12-19)29-25-18-30-26-10-3-4-17-27(25)26/h1-16,25H,17-18H2/b16-13+. The van der Waals surface area contributed by atoms with E-state index in [1.54, 1.807) is 6.08 Å². The summed E-state index contributed by atoms with van der Waals surface area (Å²) in [4.78, 5) is 15.0. The van der Waals surface area contributed by atoms with Gasteiger partial charge in [0, 0.05) is 12.1 Å². The van der Waals surface area contributed by atoms with Gasteiger partial charge in [0.1, 0.15) is 5.75 Å². The Kier molecular flexibility index (Phi) is 5.16. The van der Waals surface area contributed by atoms with Crippen molar-refractivity contribution in [2.24, 2.45) is 0 Å². The van der Waals surface area contributed by atoms with Gasteiger partial charge in [-0.2, -0.15) is 0 Å². The lowest BCUT2D eigenvalue weighted by molar-refractivity contribution is 0.0946. The topological polar surface area (TPSA) is 29.5 Å². The lowest BCUT2D eigenvalue weighted by Gasteiger charge is -2.27. The number of hydrogen-bond donors (Lipinski definition) is 0. The largest absolute Gasteiger partial charge is 0.470 e. The average molecular weight is 412 g/mol. The number of nitrogens with zero attached hydrogens (tertiary/aromatic N) is 1. The summed E-state index contributed by atoms with van der Waals surface area (Å²) in [6.07, 6.45) is 9.94. The molecule has 1 saturated heterocycles. The molecular formula is C26H21NO2S. The minimum Gasteiger partial charge on any atom is -0.470 e. The van der Waals surface area contributed by atoms with Gasteiger partial charge in [0.15, 0.2) is 12.0 Å². The maximum Gasteiger partial charge on any atom is 0.186 e. The zero-order chi connectivity index (χ0) is 20.3. The van der Waals surface area contributed by atoms with E-state index >= 15 is 0 Å². The molecule has 0 aliphatic carbocycles. The summed E-state index contributed by atoms with van der Waals surface area (Å²) >= 11 is 1.83. The van der Waals surface area contributed by atoms with Crippen LogP contribution in [-0.4, -0.2) is 29.2 Å². The molecule has 2 aliphatic rings. The maximum absolute atomic E-state index is 12.7. The summed E-state index contributed by atoms with van der Waals surface area (Å²) in [6, 6.07) is 21.7. The summed E-state index contributed by atoms with van der Waals surface area (Å²) in [5.41, 5.74) is 1.70. The lowest BCUT2D eigenvalue weighted by Crippen LogP contribution is -2.35. The molecule has 1 fully saturated rings. The molecule has 0 radical (unpaired) electrons. The molecule has 0 aromatic heterocycles. The highest BCUT2D eigenvalue weighted by Gasteiger charge is 2.30. The van der Waals surface area contributed by atoms with Crippen LogP contribution in [0, 0.1) is 0 Å². The molecule has 5 rings (SSSR count). The first-order chi connectivity index (χ1) is 14.8. The normalized spacial score (nSPS) is 17.9. The highest BCUT2D eigenvalue weighted by atomic mass is 32.2. The van der Waals surface area contributed by atoms with Crippen LogP contribution in [0.3, 0.4) is 0 Å². The summed E-state index contributed by atoms with van der Waals surface area (Å²) < 4.78 is 6.18. The van der Waals surface area contributed by atoms with E-state index in [1.165, 1.54) is 5.03 Å². The number of fused-ring (bicyclic) bond motifs is 2. The SMILES string of the molecule is O=C(/C=C/c1ccc(OC2CSC3=CC=CCN32)cc1)c1cccc2ccccc12. The summed E-state index contributed by atoms with van der Waals surface area (Å²) in [6.45, 7) is 0.889. The zero-order valence-corrected chi connectivity index (χ0v) is 17.2. The Morgan fingerprint density at radius 2 is 1.87 bits per heavy atom. The van der Waals surface area contributed by atoms with E-state index in [2.05, 4.69) is 23.1 Å². The van der Waals surface area contributed by atoms with Gasteiger partial charge in [-0.25, -0.2) is 0 Å². The van der Waals surface area contributed by atoms with E-state index in [0.717, 1.165) is 39.9 Å². The smallest absolute Gasteiger partial charge is 0.186 e. The monoisotopic (exact) mass is 411 g/mol. The number of allylic oxidation sites excluding steroid dienone is 3. The van der Waals surface area contributed by atoms with Crippen LogP contribution in [-0.2, 0) is 0 Å². The average Bonchev–Trinajstić information content (AvgIpc) is 3.21. The van der Waals surface area contributed by atoms with Gasteiger partial charge in [-0.3, -0.25) is 4.79 Å². The molecular weight excluding hydrogens is 390 g/mol. The van der Waals surface area contributed by atoms with Crippen molar-refractivity contribution in [3.63, 3.8) is 0 Å². The Balaban J connectivity index is 1.27. The van der Waals surface area contributed by atoms with Crippen LogP contribution >= 0.6 is 11.8 Å². The first-order valence-corrected chi connectivity index (χ1v) is 11.0. The molecule has 148 valence electrons. The number of thioether (sulfide) groups is 1. The van der Waals surface area contributed by atoms with Gasteiger partial charge in [-0.1, -0.05) is 72.8 Å². The zero-order valence-electron chi connectivity index (χ0n) is 16.4. The predicted molar refractivity (Wildman–Crippen MR) is 125 cm³/mol. The molecule has 0 saturated carbocycles. The third-order valence-electron chi connectivity index (χ3n) is 5.32. The van der Waals surface area contributed by atoms with E-state index in [9.17, 15) is 4.79 Å². The van der Waals surface area contributed by atoms with Crippen molar-refractivity contribution < 1.29 is 9.53 Å². The molecule has 30 heavy (non-hydrogen) atoms. The number of carbonyl (C=O) groups is 1. The third-order valence-corrected chi connectivity index (χ3v) is 6.43. The van der Waals surface area contributed by atoms with Crippen LogP contribution in [0.4, 0.5) is 0 Å². The molecule has 2 heterocycles. The Morgan fingerprint density at radius 1 is 1.03 bits per heavy atom. The summed E-state index contributed by atoms with van der Waals surface area (Å²) in [5, 5.41) is 3.33. The van der Waals surface area contributed by atoms with Crippen LogP contribution in [0.1, 0.15) is 15.9 Å². The first-order valence-electron chi connectivity index (χ1n) is 10.0. The van der Waals surface area contributed by atoms with Gasteiger partial charge in [-0.05, 0) is 40.6 Å². The maximum atomic E-state index is 12.7. The third kappa shape index (κ3) is 3.79. The molecule has 3 nitrogen and oxygen atoms in total. The Morgan fingerprint density at radius 3 is 2.77 bits per heavy atom. The molecule has 0 bridgehead atoms. The highest BCUT2D eigenvalue weighted by molar-refractivity contribution is 8.03. The summed E-state index contributed by atoms with van der Waals surface area (Å²) in [5.74, 6) is 1.77. The van der Waals surface area contributed by atoms with Crippen molar-refractivity contribution in [2.75, 3.05) is 12.3 Å².